The monoisotopic (exact) mass is 246 g/mol. The first-order valence-electron chi connectivity index (χ1n) is 6.93. The van der Waals surface area contributed by atoms with E-state index < -0.39 is 0 Å². The van der Waals surface area contributed by atoms with E-state index in [1.165, 1.54) is 11.1 Å². The topological polar surface area (TPSA) is 24.5 Å². The third-order valence-corrected chi connectivity index (χ3v) is 4.02. The Bertz CT molecular complexity index is 438. The molecule has 0 spiro atoms. The highest BCUT2D eigenvalue weighted by Crippen LogP contribution is 2.32. The van der Waals surface area contributed by atoms with E-state index in [4.69, 9.17) is 4.74 Å². The summed E-state index contributed by atoms with van der Waals surface area (Å²) in [7, 11) is 0. The van der Waals surface area contributed by atoms with Crippen molar-refractivity contribution in [2.75, 3.05) is 26.2 Å². The molecule has 3 rings (SSSR count). The summed E-state index contributed by atoms with van der Waals surface area (Å²) in [4.78, 5) is 2.41. The van der Waals surface area contributed by atoms with Crippen LogP contribution in [0.2, 0.25) is 0 Å². The van der Waals surface area contributed by atoms with E-state index in [1.807, 2.05) is 0 Å². The van der Waals surface area contributed by atoms with Crippen molar-refractivity contribution >= 4 is 0 Å². The average Bonchev–Trinajstić information content (AvgIpc) is 2.36. The fourth-order valence-electron chi connectivity index (χ4n) is 3.03. The molecule has 2 aliphatic heterocycles. The summed E-state index contributed by atoms with van der Waals surface area (Å²) in [5.41, 5.74) is 2.81. The SMILES string of the molecule is CCN1CC(C)(Oc2cccc3c2CNCC3)C1. The summed E-state index contributed by atoms with van der Waals surface area (Å²) < 4.78 is 6.29. The molecule has 0 aliphatic carbocycles. The summed E-state index contributed by atoms with van der Waals surface area (Å²) in [6, 6.07) is 6.47. The van der Waals surface area contributed by atoms with E-state index in [0.29, 0.717) is 0 Å². The predicted octanol–water partition coefficient (Wildman–Crippen LogP) is 1.81. The molecule has 2 aliphatic rings. The fourth-order valence-corrected chi connectivity index (χ4v) is 3.03. The second kappa shape index (κ2) is 4.56. The number of nitrogens with zero attached hydrogens (tertiary/aromatic N) is 1. The zero-order valence-corrected chi connectivity index (χ0v) is 11.3. The van der Waals surface area contributed by atoms with Gasteiger partial charge in [0.05, 0.1) is 0 Å². The predicted molar refractivity (Wildman–Crippen MR) is 73.0 cm³/mol. The molecule has 18 heavy (non-hydrogen) atoms. The maximum absolute atomic E-state index is 6.29. The van der Waals surface area contributed by atoms with Crippen molar-refractivity contribution in [3.63, 3.8) is 0 Å². The first kappa shape index (κ1) is 12.0. The Morgan fingerprint density at radius 3 is 3.00 bits per heavy atom. The van der Waals surface area contributed by atoms with Gasteiger partial charge in [0, 0.05) is 25.2 Å². The van der Waals surface area contributed by atoms with Gasteiger partial charge in [-0.3, -0.25) is 4.90 Å². The number of ether oxygens (including phenoxy) is 1. The lowest BCUT2D eigenvalue weighted by Gasteiger charge is -2.47. The Balaban J connectivity index is 1.77. The highest BCUT2D eigenvalue weighted by molar-refractivity contribution is 5.42. The van der Waals surface area contributed by atoms with Crippen molar-refractivity contribution < 1.29 is 4.74 Å². The number of likely N-dealkylation sites (N-methyl/N-ethyl adjacent to an activating group) is 1. The molecule has 0 aromatic heterocycles. The highest BCUT2D eigenvalue weighted by atomic mass is 16.5. The van der Waals surface area contributed by atoms with Gasteiger partial charge >= 0.3 is 0 Å². The lowest BCUT2D eigenvalue weighted by atomic mass is 9.95. The largest absolute Gasteiger partial charge is 0.485 e. The molecular formula is C15H22N2O. The van der Waals surface area contributed by atoms with Gasteiger partial charge in [-0.1, -0.05) is 19.1 Å². The Morgan fingerprint density at radius 2 is 2.22 bits per heavy atom. The van der Waals surface area contributed by atoms with E-state index in [9.17, 15) is 0 Å². The highest BCUT2D eigenvalue weighted by Gasteiger charge is 2.40. The van der Waals surface area contributed by atoms with Crippen LogP contribution in [0.3, 0.4) is 0 Å². The van der Waals surface area contributed by atoms with Gasteiger partial charge < -0.3 is 10.1 Å². The Labute approximate surface area is 109 Å². The molecule has 1 saturated heterocycles. The lowest BCUT2D eigenvalue weighted by Crippen LogP contribution is -2.62. The molecule has 1 aromatic rings. The van der Waals surface area contributed by atoms with Gasteiger partial charge in [-0.2, -0.15) is 0 Å². The standard InChI is InChI=1S/C15H22N2O/c1-3-17-10-15(2,11-17)18-14-6-4-5-12-7-8-16-9-13(12)14/h4-6,16H,3,7-11H2,1-2H3. The van der Waals surface area contributed by atoms with Gasteiger partial charge in [-0.05, 0) is 38.1 Å². The Kier molecular flexibility index (Phi) is 3.04. The zero-order valence-electron chi connectivity index (χ0n) is 11.3. The van der Waals surface area contributed by atoms with Crippen LogP contribution in [0, 0.1) is 0 Å². The van der Waals surface area contributed by atoms with Crippen LogP contribution >= 0.6 is 0 Å². The summed E-state index contributed by atoms with van der Waals surface area (Å²) in [6.07, 6.45) is 1.12. The van der Waals surface area contributed by atoms with E-state index >= 15 is 0 Å². The molecule has 0 saturated carbocycles. The molecule has 0 amide bonds. The number of benzene rings is 1. The quantitative estimate of drug-likeness (QED) is 0.880. The number of likely N-dealkylation sites (tertiary alicyclic amines) is 1. The van der Waals surface area contributed by atoms with Gasteiger partial charge in [-0.25, -0.2) is 0 Å². The second-order valence-corrected chi connectivity index (χ2v) is 5.68. The van der Waals surface area contributed by atoms with Crippen LogP contribution in [0.25, 0.3) is 0 Å². The number of fused-ring (bicyclic) bond motifs is 1. The smallest absolute Gasteiger partial charge is 0.131 e. The first-order chi connectivity index (χ1) is 8.70. The molecular weight excluding hydrogens is 224 g/mol. The van der Waals surface area contributed by atoms with Crippen LogP contribution in [0.15, 0.2) is 18.2 Å². The molecule has 0 unspecified atom stereocenters. The van der Waals surface area contributed by atoms with Crippen LogP contribution in [-0.4, -0.2) is 36.7 Å². The third-order valence-electron chi connectivity index (χ3n) is 4.02. The average molecular weight is 246 g/mol. The van der Waals surface area contributed by atoms with Crippen LogP contribution < -0.4 is 10.1 Å². The number of hydrogen-bond acceptors (Lipinski definition) is 3. The van der Waals surface area contributed by atoms with Gasteiger partial charge in [-0.15, -0.1) is 0 Å². The minimum Gasteiger partial charge on any atom is -0.485 e. The summed E-state index contributed by atoms with van der Waals surface area (Å²) in [5.74, 6) is 1.08. The third kappa shape index (κ3) is 2.13. The van der Waals surface area contributed by atoms with Crippen LogP contribution in [0.5, 0.6) is 5.75 Å². The molecule has 3 heteroatoms. The maximum Gasteiger partial charge on any atom is 0.131 e. The molecule has 98 valence electrons. The minimum absolute atomic E-state index is 0.00256. The van der Waals surface area contributed by atoms with Crippen molar-refractivity contribution in [1.29, 1.82) is 0 Å². The Hall–Kier alpha value is -1.06. The van der Waals surface area contributed by atoms with Gasteiger partial charge in [0.2, 0.25) is 0 Å². The fraction of sp³-hybridized carbons (Fsp3) is 0.600. The minimum atomic E-state index is 0.00256. The normalized spacial score (nSPS) is 22.1. The summed E-state index contributed by atoms with van der Waals surface area (Å²) in [5, 5.41) is 3.43. The molecule has 2 heterocycles. The molecule has 0 atom stereocenters. The van der Waals surface area contributed by atoms with Crippen LogP contribution in [-0.2, 0) is 13.0 Å². The molecule has 1 fully saturated rings. The van der Waals surface area contributed by atoms with Crippen molar-refractivity contribution in [2.24, 2.45) is 0 Å². The van der Waals surface area contributed by atoms with E-state index in [2.05, 4.69) is 42.3 Å². The van der Waals surface area contributed by atoms with Crippen molar-refractivity contribution in [1.82, 2.24) is 10.2 Å². The number of rotatable bonds is 3. The Morgan fingerprint density at radius 1 is 1.39 bits per heavy atom. The van der Waals surface area contributed by atoms with E-state index in [-0.39, 0.29) is 5.60 Å². The van der Waals surface area contributed by atoms with E-state index in [0.717, 1.165) is 44.9 Å². The summed E-state index contributed by atoms with van der Waals surface area (Å²) in [6.45, 7) is 9.65. The second-order valence-electron chi connectivity index (χ2n) is 5.68. The van der Waals surface area contributed by atoms with E-state index in [1.54, 1.807) is 0 Å². The first-order valence-corrected chi connectivity index (χ1v) is 6.93. The molecule has 1 N–H and O–H groups in total. The molecule has 3 nitrogen and oxygen atoms in total. The summed E-state index contributed by atoms with van der Waals surface area (Å²) >= 11 is 0. The molecule has 0 bridgehead atoms. The lowest BCUT2D eigenvalue weighted by molar-refractivity contribution is -0.0611. The van der Waals surface area contributed by atoms with Gasteiger partial charge in [0.1, 0.15) is 11.4 Å². The van der Waals surface area contributed by atoms with Crippen molar-refractivity contribution in [3.05, 3.63) is 29.3 Å². The van der Waals surface area contributed by atoms with Crippen molar-refractivity contribution in [2.45, 2.75) is 32.4 Å². The van der Waals surface area contributed by atoms with Gasteiger partial charge in [0.15, 0.2) is 0 Å². The number of hydrogen-bond donors (Lipinski definition) is 1. The van der Waals surface area contributed by atoms with Crippen molar-refractivity contribution in [3.8, 4) is 5.75 Å². The van der Waals surface area contributed by atoms with Gasteiger partial charge in [0.25, 0.3) is 0 Å². The molecule has 1 aromatic carbocycles. The molecule has 0 radical (unpaired) electrons. The zero-order chi connectivity index (χ0) is 12.6. The van der Waals surface area contributed by atoms with Crippen LogP contribution in [0.4, 0.5) is 0 Å². The number of nitrogens with one attached hydrogen (secondary N) is 1. The van der Waals surface area contributed by atoms with Crippen LogP contribution in [0.1, 0.15) is 25.0 Å². The maximum atomic E-state index is 6.29.